The number of primary amides is 1. The first-order chi connectivity index (χ1) is 21.5. The van der Waals surface area contributed by atoms with E-state index < -0.39 is 54.0 Å². The normalized spacial score (nSPS) is 14.3. The molecule has 0 aliphatic rings. The number of ether oxygens (including phenoxy) is 1. The molecule has 10 nitrogen and oxygen atoms in total. The fourth-order valence-electron chi connectivity index (χ4n) is 4.94. The molecule has 240 valence electrons. The van der Waals surface area contributed by atoms with Crippen molar-refractivity contribution in [2.75, 3.05) is 0 Å². The fourth-order valence-corrected chi connectivity index (χ4v) is 4.94. The SMILES string of the molecule is CC(C)[C@@H](NC(=O)C(Cc1ccccc1)C[C@H](O)[C@H](Cc1ccccc1)NC(=O)[C@H](C)NC(=O)OCc1ccccc1)C(N)=O. The minimum Gasteiger partial charge on any atom is -0.445 e. The van der Waals surface area contributed by atoms with Gasteiger partial charge in [-0.3, -0.25) is 14.4 Å². The van der Waals surface area contributed by atoms with Crippen molar-refractivity contribution in [3.8, 4) is 0 Å². The molecule has 0 fully saturated rings. The zero-order valence-electron chi connectivity index (χ0n) is 26.0. The van der Waals surface area contributed by atoms with E-state index in [1.807, 2.05) is 91.0 Å². The van der Waals surface area contributed by atoms with Gasteiger partial charge in [-0.25, -0.2) is 4.79 Å². The molecule has 5 atom stereocenters. The van der Waals surface area contributed by atoms with Crippen molar-refractivity contribution in [3.63, 3.8) is 0 Å². The van der Waals surface area contributed by atoms with Crippen molar-refractivity contribution in [1.29, 1.82) is 0 Å². The number of hydrogen-bond donors (Lipinski definition) is 5. The molecule has 0 bridgehead atoms. The number of aliphatic hydroxyl groups is 1. The maximum Gasteiger partial charge on any atom is 0.408 e. The van der Waals surface area contributed by atoms with E-state index in [9.17, 15) is 24.3 Å². The van der Waals surface area contributed by atoms with E-state index in [4.69, 9.17) is 10.5 Å². The molecule has 0 aliphatic heterocycles. The van der Waals surface area contributed by atoms with Crippen molar-refractivity contribution in [3.05, 3.63) is 108 Å². The topological polar surface area (TPSA) is 160 Å². The number of carbonyl (C=O) groups excluding carboxylic acids is 4. The number of nitrogens with one attached hydrogen (secondary N) is 3. The van der Waals surface area contributed by atoms with Crippen LogP contribution in [0.25, 0.3) is 0 Å². The Balaban J connectivity index is 1.74. The van der Waals surface area contributed by atoms with Gasteiger partial charge in [0.25, 0.3) is 0 Å². The van der Waals surface area contributed by atoms with E-state index in [0.717, 1.165) is 16.7 Å². The molecule has 3 aromatic carbocycles. The number of alkyl carbamates (subject to hydrolysis) is 1. The molecule has 1 unspecified atom stereocenters. The first-order valence-electron chi connectivity index (χ1n) is 15.2. The summed E-state index contributed by atoms with van der Waals surface area (Å²) in [6, 6.07) is 25.2. The molecule has 3 rings (SSSR count). The predicted octanol–water partition coefficient (Wildman–Crippen LogP) is 3.26. The van der Waals surface area contributed by atoms with Gasteiger partial charge in [-0.05, 0) is 48.8 Å². The number of amides is 4. The van der Waals surface area contributed by atoms with Crippen LogP contribution in [0.3, 0.4) is 0 Å². The van der Waals surface area contributed by atoms with Gasteiger partial charge in [0.05, 0.1) is 12.1 Å². The average Bonchev–Trinajstić information content (AvgIpc) is 3.03. The summed E-state index contributed by atoms with van der Waals surface area (Å²) >= 11 is 0. The second-order valence-corrected chi connectivity index (χ2v) is 11.6. The van der Waals surface area contributed by atoms with E-state index in [1.165, 1.54) is 6.92 Å². The molecule has 0 heterocycles. The lowest BCUT2D eigenvalue weighted by molar-refractivity contribution is -0.131. The number of nitrogens with two attached hydrogens (primary N) is 1. The first-order valence-corrected chi connectivity index (χ1v) is 15.2. The summed E-state index contributed by atoms with van der Waals surface area (Å²) < 4.78 is 5.24. The van der Waals surface area contributed by atoms with Crippen LogP contribution in [0.5, 0.6) is 0 Å². The van der Waals surface area contributed by atoms with Gasteiger partial charge in [-0.2, -0.15) is 0 Å². The van der Waals surface area contributed by atoms with Crippen molar-refractivity contribution >= 4 is 23.8 Å². The van der Waals surface area contributed by atoms with Crippen LogP contribution in [0.4, 0.5) is 4.79 Å². The number of benzene rings is 3. The van der Waals surface area contributed by atoms with Crippen LogP contribution in [0.15, 0.2) is 91.0 Å². The second-order valence-electron chi connectivity index (χ2n) is 11.6. The van der Waals surface area contributed by atoms with Gasteiger partial charge in [0.2, 0.25) is 17.7 Å². The third-order valence-corrected chi connectivity index (χ3v) is 7.52. The van der Waals surface area contributed by atoms with Crippen LogP contribution in [-0.4, -0.2) is 53.2 Å². The Labute approximate surface area is 264 Å². The monoisotopic (exact) mass is 616 g/mol. The smallest absolute Gasteiger partial charge is 0.408 e. The quantitative estimate of drug-likeness (QED) is 0.166. The average molecular weight is 617 g/mol. The summed E-state index contributed by atoms with van der Waals surface area (Å²) in [6.45, 7) is 5.14. The van der Waals surface area contributed by atoms with Crippen molar-refractivity contribution in [2.45, 2.75) is 70.9 Å². The number of hydrogen-bond acceptors (Lipinski definition) is 6. The molecule has 0 radical (unpaired) electrons. The van der Waals surface area contributed by atoms with Gasteiger partial charge >= 0.3 is 6.09 Å². The third kappa shape index (κ3) is 11.7. The Morgan fingerprint density at radius 1 is 0.711 bits per heavy atom. The lowest BCUT2D eigenvalue weighted by Crippen LogP contribution is -2.53. The van der Waals surface area contributed by atoms with E-state index in [1.54, 1.807) is 13.8 Å². The number of rotatable bonds is 16. The van der Waals surface area contributed by atoms with Gasteiger partial charge < -0.3 is 31.5 Å². The van der Waals surface area contributed by atoms with Crippen LogP contribution in [-0.2, 0) is 38.6 Å². The summed E-state index contributed by atoms with van der Waals surface area (Å²) in [6.07, 6.45) is -1.35. The van der Waals surface area contributed by atoms with E-state index in [2.05, 4.69) is 16.0 Å². The summed E-state index contributed by atoms with van der Waals surface area (Å²) in [5, 5.41) is 19.7. The van der Waals surface area contributed by atoms with Crippen LogP contribution in [0.2, 0.25) is 0 Å². The highest BCUT2D eigenvalue weighted by Crippen LogP contribution is 2.20. The van der Waals surface area contributed by atoms with Crippen LogP contribution >= 0.6 is 0 Å². The Hall–Kier alpha value is -4.70. The van der Waals surface area contributed by atoms with Gasteiger partial charge in [-0.15, -0.1) is 0 Å². The summed E-state index contributed by atoms with van der Waals surface area (Å²) in [5.41, 5.74) is 8.10. The molecule has 3 aromatic rings. The van der Waals surface area contributed by atoms with E-state index in [0.29, 0.717) is 6.42 Å². The Bertz CT molecular complexity index is 1370. The number of aliphatic hydroxyl groups excluding tert-OH is 1. The Kier molecular flexibility index (Phi) is 13.6. The molecule has 0 saturated carbocycles. The zero-order chi connectivity index (χ0) is 32.8. The van der Waals surface area contributed by atoms with Gasteiger partial charge in [-0.1, -0.05) is 105 Å². The summed E-state index contributed by atoms with van der Waals surface area (Å²) in [4.78, 5) is 51.2. The molecule has 0 spiro atoms. The molecular formula is C35H44N4O6. The standard InChI is InChI=1S/C35H44N4O6/c1-23(2)31(32(36)41)39-34(43)28(19-25-13-7-4-8-14-25)21-30(40)29(20-26-15-9-5-10-16-26)38-33(42)24(3)37-35(44)45-22-27-17-11-6-12-18-27/h4-18,23-24,28-31,40H,19-22H2,1-3H3,(H2,36,41)(H,37,44)(H,38,42)(H,39,43)/t24-,28?,29-,30-,31+/m0/s1. The van der Waals surface area contributed by atoms with Crippen molar-refractivity contribution < 1.29 is 29.0 Å². The largest absolute Gasteiger partial charge is 0.445 e. The highest BCUT2D eigenvalue weighted by Gasteiger charge is 2.32. The third-order valence-electron chi connectivity index (χ3n) is 7.52. The molecular weight excluding hydrogens is 572 g/mol. The molecule has 0 saturated heterocycles. The Morgan fingerprint density at radius 3 is 1.73 bits per heavy atom. The molecule has 45 heavy (non-hydrogen) atoms. The molecule has 10 heteroatoms. The minimum atomic E-state index is -1.16. The van der Waals surface area contributed by atoms with Crippen molar-refractivity contribution in [1.82, 2.24) is 16.0 Å². The lowest BCUT2D eigenvalue weighted by Gasteiger charge is -2.29. The van der Waals surface area contributed by atoms with Gasteiger partial charge in [0.1, 0.15) is 18.7 Å². The maximum absolute atomic E-state index is 13.5. The van der Waals surface area contributed by atoms with Gasteiger partial charge in [0.15, 0.2) is 0 Å². The molecule has 0 aliphatic carbocycles. The predicted molar refractivity (Wildman–Crippen MR) is 172 cm³/mol. The highest BCUT2D eigenvalue weighted by atomic mass is 16.5. The van der Waals surface area contributed by atoms with Crippen LogP contribution < -0.4 is 21.7 Å². The van der Waals surface area contributed by atoms with Gasteiger partial charge in [0, 0.05) is 5.92 Å². The van der Waals surface area contributed by atoms with Crippen LogP contribution in [0.1, 0.15) is 43.9 Å². The van der Waals surface area contributed by atoms with E-state index in [-0.39, 0.29) is 25.4 Å². The first kappa shape index (κ1) is 34.8. The fraction of sp³-hybridized carbons (Fsp3) is 0.371. The molecule has 0 aromatic heterocycles. The minimum absolute atomic E-state index is 0.0109. The van der Waals surface area contributed by atoms with Crippen LogP contribution in [0, 0.1) is 11.8 Å². The molecule has 6 N–H and O–H groups in total. The summed E-state index contributed by atoms with van der Waals surface area (Å²) in [7, 11) is 0. The maximum atomic E-state index is 13.5. The zero-order valence-corrected chi connectivity index (χ0v) is 26.0. The Morgan fingerprint density at radius 2 is 1.22 bits per heavy atom. The van der Waals surface area contributed by atoms with E-state index >= 15 is 0 Å². The van der Waals surface area contributed by atoms with Crippen molar-refractivity contribution in [2.24, 2.45) is 17.6 Å². The highest BCUT2D eigenvalue weighted by molar-refractivity contribution is 5.88. The second kappa shape index (κ2) is 17.6. The lowest BCUT2D eigenvalue weighted by atomic mass is 9.88. The number of carbonyl (C=O) groups is 4. The molecule has 4 amide bonds. The summed E-state index contributed by atoms with van der Waals surface area (Å²) in [5.74, 6) is -2.55.